The Hall–Kier alpha value is -2.78. The molecule has 2 aliphatic heterocycles. The number of aromatic amines is 1. The van der Waals surface area contributed by atoms with Crippen LogP contribution in [0.4, 0.5) is 23.8 Å². The highest BCUT2D eigenvalue weighted by Crippen LogP contribution is 2.43. The van der Waals surface area contributed by atoms with Crippen LogP contribution < -0.4 is 10.9 Å². The fraction of sp³-hybridized carbons (Fsp3) is 0.400. The molecule has 2 aliphatic rings. The maximum Gasteiger partial charge on any atom is 0.452 e. The van der Waals surface area contributed by atoms with E-state index in [1.807, 2.05) is 0 Å². The minimum atomic E-state index is -4.66. The largest absolute Gasteiger partial charge is 0.452 e. The molecular weight excluding hydrogens is 341 g/mol. The number of halogens is 3. The highest BCUT2D eigenvalue weighted by atomic mass is 19.4. The SMILES string of the molecule is O=C(Nc1cc(C(F)(F)F)on1)N1C2CCC1c1c[nH]c(=O)cc1C2. The molecule has 132 valence electrons. The highest BCUT2D eigenvalue weighted by Gasteiger charge is 2.43. The Morgan fingerprint density at radius 2 is 2.16 bits per heavy atom. The van der Waals surface area contributed by atoms with Gasteiger partial charge in [0.1, 0.15) is 0 Å². The molecule has 4 heterocycles. The average Bonchev–Trinajstić information content (AvgIpc) is 3.11. The first-order valence-corrected chi connectivity index (χ1v) is 7.67. The standard InChI is InChI=1S/C15H13F3N4O3/c16-15(17,18)11-5-12(21-25-11)20-14(24)22-8-1-2-10(22)9-6-19-13(23)4-7(9)3-8/h4-6,8,10H,1-3H2,(H,19,23)(H,20,21,24). The van der Waals surface area contributed by atoms with Crippen LogP contribution in [0.1, 0.15) is 35.8 Å². The number of H-pyrrole nitrogens is 1. The quantitative estimate of drug-likeness (QED) is 0.824. The number of hydrogen-bond acceptors (Lipinski definition) is 4. The minimum Gasteiger partial charge on any atom is -0.349 e. The van der Waals surface area contributed by atoms with Crippen molar-refractivity contribution < 1.29 is 22.5 Å². The zero-order chi connectivity index (χ0) is 17.8. The first-order valence-electron chi connectivity index (χ1n) is 7.67. The summed E-state index contributed by atoms with van der Waals surface area (Å²) in [7, 11) is 0. The number of urea groups is 1. The van der Waals surface area contributed by atoms with Crippen LogP contribution in [0.25, 0.3) is 0 Å². The van der Waals surface area contributed by atoms with Gasteiger partial charge in [0.25, 0.3) is 0 Å². The number of pyridine rings is 1. The molecule has 4 rings (SSSR count). The molecule has 0 aliphatic carbocycles. The molecule has 2 atom stereocenters. The van der Waals surface area contributed by atoms with Gasteiger partial charge < -0.3 is 14.4 Å². The Balaban J connectivity index is 1.56. The van der Waals surface area contributed by atoms with Gasteiger partial charge in [-0.25, -0.2) is 4.79 Å². The summed E-state index contributed by atoms with van der Waals surface area (Å²) in [5.41, 5.74) is 1.57. The summed E-state index contributed by atoms with van der Waals surface area (Å²) in [6.45, 7) is 0. The van der Waals surface area contributed by atoms with E-state index in [1.165, 1.54) is 6.07 Å². The molecule has 0 saturated carbocycles. The molecule has 0 aromatic carbocycles. The van der Waals surface area contributed by atoms with Crippen molar-refractivity contribution in [2.24, 2.45) is 0 Å². The smallest absolute Gasteiger partial charge is 0.349 e. The average molecular weight is 354 g/mol. The summed E-state index contributed by atoms with van der Waals surface area (Å²) in [6, 6.07) is 1.32. The van der Waals surface area contributed by atoms with Crippen molar-refractivity contribution in [3.63, 3.8) is 0 Å². The summed E-state index contributed by atoms with van der Waals surface area (Å²) in [5, 5.41) is 5.60. The third kappa shape index (κ3) is 2.67. The van der Waals surface area contributed by atoms with Gasteiger partial charge in [-0.3, -0.25) is 10.1 Å². The molecule has 7 nitrogen and oxygen atoms in total. The van der Waals surface area contributed by atoms with Crippen LogP contribution in [-0.2, 0) is 12.6 Å². The number of amides is 2. The maximum atomic E-state index is 12.5. The predicted molar refractivity (Wildman–Crippen MR) is 78.9 cm³/mol. The Labute approximate surface area is 138 Å². The Bertz CT molecular complexity index is 889. The molecule has 2 bridgehead atoms. The van der Waals surface area contributed by atoms with Crippen molar-refractivity contribution in [2.45, 2.75) is 37.5 Å². The van der Waals surface area contributed by atoms with Crippen LogP contribution >= 0.6 is 0 Å². The van der Waals surface area contributed by atoms with Crippen LogP contribution in [0.15, 0.2) is 27.6 Å². The molecule has 0 radical (unpaired) electrons. The van der Waals surface area contributed by atoms with Crippen molar-refractivity contribution in [1.29, 1.82) is 0 Å². The minimum absolute atomic E-state index is 0.103. The molecular formula is C15H13F3N4O3. The molecule has 1 saturated heterocycles. The molecule has 2 unspecified atom stereocenters. The molecule has 2 N–H and O–H groups in total. The second kappa shape index (κ2) is 5.36. The van der Waals surface area contributed by atoms with E-state index in [9.17, 15) is 22.8 Å². The molecule has 2 aromatic heterocycles. The van der Waals surface area contributed by atoms with Crippen LogP contribution in [0.3, 0.4) is 0 Å². The summed E-state index contributed by atoms with van der Waals surface area (Å²) >= 11 is 0. The number of nitrogens with one attached hydrogen (secondary N) is 2. The Kier molecular flexibility index (Phi) is 3.37. The van der Waals surface area contributed by atoms with Gasteiger partial charge in [0.15, 0.2) is 5.82 Å². The van der Waals surface area contributed by atoms with E-state index >= 15 is 0 Å². The fourth-order valence-electron chi connectivity index (χ4n) is 3.60. The summed E-state index contributed by atoms with van der Waals surface area (Å²) in [6.07, 6.45) is -1.04. The third-order valence-electron chi connectivity index (χ3n) is 4.62. The van der Waals surface area contributed by atoms with Crippen molar-refractivity contribution in [2.75, 3.05) is 5.32 Å². The molecule has 10 heteroatoms. The van der Waals surface area contributed by atoms with Gasteiger partial charge >= 0.3 is 12.2 Å². The van der Waals surface area contributed by atoms with E-state index in [-0.39, 0.29) is 23.5 Å². The molecule has 25 heavy (non-hydrogen) atoms. The van der Waals surface area contributed by atoms with Gasteiger partial charge in [0, 0.05) is 24.4 Å². The van der Waals surface area contributed by atoms with Crippen LogP contribution in [-0.4, -0.2) is 27.1 Å². The van der Waals surface area contributed by atoms with Gasteiger partial charge in [-0.2, -0.15) is 13.2 Å². The topological polar surface area (TPSA) is 91.2 Å². The van der Waals surface area contributed by atoms with Crippen molar-refractivity contribution in [3.05, 3.63) is 45.6 Å². The number of fused-ring (bicyclic) bond motifs is 4. The van der Waals surface area contributed by atoms with E-state index < -0.39 is 18.0 Å². The van der Waals surface area contributed by atoms with Crippen molar-refractivity contribution in [1.82, 2.24) is 15.0 Å². The van der Waals surface area contributed by atoms with Gasteiger partial charge in [-0.05, 0) is 30.4 Å². The van der Waals surface area contributed by atoms with E-state index in [0.29, 0.717) is 12.5 Å². The van der Waals surface area contributed by atoms with Crippen molar-refractivity contribution >= 4 is 11.8 Å². The van der Waals surface area contributed by atoms with Crippen molar-refractivity contribution in [3.8, 4) is 0 Å². The lowest BCUT2D eigenvalue weighted by atomic mass is 9.95. The predicted octanol–water partition coefficient (Wildman–Crippen LogP) is 2.68. The van der Waals surface area contributed by atoms with Gasteiger partial charge in [0.05, 0.1) is 6.04 Å². The second-order valence-corrected chi connectivity index (χ2v) is 6.14. The summed E-state index contributed by atoms with van der Waals surface area (Å²) < 4.78 is 41.8. The zero-order valence-corrected chi connectivity index (χ0v) is 12.8. The summed E-state index contributed by atoms with van der Waals surface area (Å²) in [5.74, 6) is -1.56. The highest BCUT2D eigenvalue weighted by molar-refractivity contribution is 5.89. The van der Waals surface area contributed by atoms with Gasteiger partial charge in [0.2, 0.25) is 11.3 Å². The van der Waals surface area contributed by atoms with Gasteiger partial charge in [-0.15, -0.1) is 0 Å². The second-order valence-electron chi connectivity index (χ2n) is 6.14. The number of hydrogen-bond donors (Lipinski definition) is 2. The first kappa shape index (κ1) is 15.7. The van der Waals surface area contributed by atoms with Crippen LogP contribution in [0, 0.1) is 0 Å². The lowest BCUT2D eigenvalue weighted by molar-refractivity contribution is -0.155. The molecule has 2 amide bonds. The number of alkyl halides is 3. The van der Waals surface area contributed by atoms with E-state index in [4.69, 9.17) is 0 Å². The zero-order valence-electron chi connectivity index (χ0n) is 12.8. The molecule has 1 fully saturated rings. The number of carbonyl (C=O) groups excluding carboxylic acids is 1. The number of rotatable bonds is 1. The number of nitrogens with zero attached hydrogens (tertiary/aromatic N) is 2. The Morgan fingerprint density at radius 3 is 2.88 bits per heavy atom. The molecule has 0 spiro atoms. The van der Waals surface area contributed by atoms with E-state index in [1.54, 1.807) is 11.1 Å². The monoisotopic (exact) mass is 354 g/mol. The lowest BCUT2D eigenvalue weighted by Gasteiger charge is -2.35. The lowest BCUT2D eigenvalue weighted by Crippen LogP contribution is -2.44. The Morgan fingerprint density at radius 1 is 1.36 bits per heavy atom. The number of carbonyl (C=O) groups is 1. The number of aromatic nitrogens is 2. The maximum absolute atomic E-state index is 12.5. The summed E-state index contributed by atoms with van der Waals surface area (Å²) in [4.78, 5) is 28.2. The molecule has 2 aromatic rings. The third-order valence-corrected chi connectivity index (χ3v) is 4.62. The first-order chi connectivity index (χ1) is 11.8. The van der Waals surface area contributed by atoms with E-state index in [2.05, 4.69) is 20.0 Å². The van der Waals surface area contributed by atoms with E-state index in [0.717, 1.165) is 24.0 Å². The van der Waals surface area contributed by atoms with Crippen LogP contribution in [0.2, 0.25) is 0 Å². The van der Waals surface area contributed by atoms with Gasteiger partial charge in [-0.1, -0.05) is 5.16 Å². The normalized spacial score (nSPS) is 22.0. The fourth-order valence-corrected chi connectivity index (χ4v) is 3.60. The van der Waals surface area contributed by atoms with Crippen LogP contribution in [0.5, 0.6) is 0 Å². The number of anilines is 1.